The van der Waals surface area contributed by atoms with Crippen LogP contribution in [0.15, 0.2) is 34.4 Å². The van der Waals surface area contributed by atoms with Gasteiger partial charge in [-0.3, -0.25) is 15.1 Å². The fourth-order valence-corrected chi connectivity index (χ4v) is 2.72. The monoisotopic (exact) mass is 363 g/mol. The number of hydrogen-bond donors (Lipinski definition) is 1. The number of amidine groups is 1. The molecule has 0 aliphatic carbocycles. The average molecular weight is 364 g/mol. The van der Waals surface area contributed by atoms with Crippen LogP contribution in [0.5, 0.6) is 0 Å². The van der Waals surface area contributed by atoms with Crippen molar-refractivity contribution >= 4 is 40.1 Å². The molecule has 1 heterocycles. The Morgan fingerprint density at radius 2 is 2.21 bits per heavy atom. The molecule has 0 fully saturated rings. The van der Waals surface area contributed by atoms with Crippen LogP contribution in [0.25, 0.3) is 0 Å². The molecule has 0 radical (unpaired) electrons. The number of rotatable bonds is 5. The summed E-state index contributed by atoms with van der Waals surface area (Å²) in [5.41, 5.74) is 1.88. The highest BCUT2D eigenvalue weighted by Gasteiger charge is 2.20. The largest absolute Gasteiger partial charge is 0.273 e. The fraction of sp³-hybridized carbons (Fsp3) is 0.375. The minimum atomic E-state index is 0.0249. The standard InChI is InChI=1S/C16H18ClN5OS/c1-24-16(20-11-18)19-9-2-10-22-15(23)8-7-14(21-22)12-3-5-13(17)6-4-12/h3-6H,2,7-10H2,1H3,(H,19,20). The predicted molar refractivity (Wildman–Crippen MR) is 98.1 cm³/mol. The van der Waals surface area contributed by atoms with Gasteiger partial charge in [0, 0.05) is 31.0 Å². The third kappa shape index (κ3) is 5.25. The molecule has 1 N–H and O–H groups in total. The number of benzene rings is 1. The molecule has 0 aromatic heterocycles. The van der Waals surface area contributed by atoms with Crippen molar-refractivity contribution in [3.05, 3.63) is 34.9 Å². The number of nitrogens with one attached hydrogen (secondary N) is 1. The molecule has 8 heteroatoms. The highest BCUT2D eigenvalue weighted by Crippen LogP contribution is 2.17. The van der Waals surface area contributed by atoms with Gasteiger partial charge in [-0.05, 0) is 30.4 Å². The third-order valence-corrected chi connectivity index (χ3v) is 4.29. The minimum absolute atomic E-state index is 0.0249. The van der Waals surface area contributed by atoms with Gasteiger partial charge in [0.15, 0.2) is 11.4 Å². The number of halogens is 1. The predicted octanol–water partition coefficient (Wildman–Crippen LogP) is 2.85. The zero-order valence-corrected chi connectivity index (χ0v) is 14.9. The number of carbonyl (C=O) groups excluding carboxylic acids is 1. The van der Waals surface area contributed by atoms with E-state index in [-0.39, 0.29) is 5.91 Å². The number of amides is 1. The minimum Gasteiger partial charge on any atom is -0.273 e. The molecule has 0 unspecified atom stereocenters. The zero-order valence-electron chi connectivity index (χ0n) is 13.3. The molecule has 0 atom stereocenters. The van der Waals surface area contributed by atoms with Gasteiger partial charge in [-0.25, -0.2) is 5.01 Å². The fourth-order valence-electron chi connectivity index (χ4n) is 2.23. The molecule has 1 amide bonds. The lowest BCUT2D eigenvalue weighted by molar-refractivity contribution is -0.131. The summed E-state index contributed by atoms with van der Waals surface area (Å²) < 4.78 is 0. The van der Waals surface area contributed by atoms with Gasteiger partial charge in [0.05, 0.1) is 5.71 Å². The van der Waals surface area contributed by atoms with Gasteiger partial charge in [-0.2, -0.15) is 10.4 Å². The average Bonchev–Trinajstić information content (AvgIpc) is 2.60. The molecule has 0 bridgehead atoms. The molecular weight excluding hydrogens is 346 g/mol. The summed E-state index contributed by atoms with van der Waals surface area (Å²) in [6.07, 6.45) is 5.47. The molecule has 1 aromatic rings. The van der Waals surface area contributed by atoms with Gasteiger partial charge in [0.1, 0.15) is 0 Å². The maximum atomic E-state index is 12.0. The van der Waals surface area contributed by atoms with Gasteiger partial charge in [0.25, 0.3) is 0 Å². The molecular formula is C16H18ClN5OS. The van der Waals surface area contributed by atoms with Crippen molar-refractivity contribution < 1.29 is 4.79 Å². The number of thioether (sulfide) groups is 1. The van der Waals surface area contributed by atoms with Crippen LogP contribution in [0.3, 0.4) is 0 Å². The van der Waals surface area contributed by atoms with E-state index in [1.807, 2.05) is 36.7 Å². The third-order valence-electron chi connectivity index (χ3n) is 3.42. The second-order valence-electron chi connectivity index (χ2n) is 5.05. The van der Waals surface area contributed by atoms with E-state index in [4.69, 9.17) is 16.9 Å². The topological polar surface area (TPSA) is 80.8 Å². The Hall–Kier alpha value is -2.04. The van der Waals surface area contributed by atoms with E-state index in [1.165, 1.54) is 16.8 Å². The summed E-state index contributed by atoms with van der Waals surface area (Å²) in [4.78, 5) is 16.3. The Balaban J connectivity index is 1.96. The molecule has 6 nitrogen and oxygen atoms in total. The lowest BCUT2D eigenvalue weighted by Crippen LogP contribution is -2.33. The van der Waals surface area contributed by atoms with Gasteiger partial charge in [0.2, 0.25) is 5.91 Å². The van der Waals surface area contributed by atoms with Crippen LogP contribution in [0.2, 0.25) is 5.02 Å². The lowest BCUT2D eigenvalue weighted by Gasteiger charge is -2.23. The summed E-state index contributed by atoms with van der Waals surface area (Å²) in [5, 5.41) is 18.3. The SMILES string of the molecule is CS/C(=N\CCCN1N=C(c2ccc(Cl)cc2)CCC1=O)NC#N. The molecule has 1 aliphatic heterocycles. The van der Waals surface area contributed by atoms with E-state index in [2.05, 4.69) is 15.4 Å². The normalized spacial score (nSPS) is 15.0. The summed E-state index contributed by atoms with van der Waals surface area (Å²) >= 11 is 7.28. The Bertz CT molecular complexity index is 681. The Labute approximate surface area is 150 Å². The maximum absolute atomic E-state index is 12.0. The number of hydrazone groups is 1. The first-order valence-corrected chi connectivity index (χ1v) is 9.11. The van der Waals surface area contributed by atoms with Gasteiger partial charge < -0.3 is 0 Å². The van der Waals surface area contributed by atoms with E-state index < -0.39 is 0 Å². The number of nitriles is 1. The van der Waals surface area contributed by atoms with Crippen LogP contribution in [0.4, 0.5) is 0 Å². The summed E-state index contributed by atoms with van der Waals surface area (Å²) in [7, 11) is 0. The van der Waals surface area contributed by atoms with Gasteiger partial charge >= 0.3 is 0 Å². The van der Waals surface area contributed by atoms with Crippen LogP contribution >= 0.6 is 23.4 Å². The molecule has 126 valence electrons. The molecule has 0 saturated carbocycles. The van der Waals surface area contributed by atoms with Crippen molar-refractivity contribution in [1.29, 1.82) is 5.26 Å². The van der Waals surface area contributed by atoms with E-state index >= 15 is 0 Å². The zero-order chi connectivity index (χ0) is 17.4. The molecule has 2 rings (SSSR count). The number of hydrogen-bond acceptors (Lipinski definition) is 5. The first-order valence-electron chi connectivity index (χ1n) is 7.51. The van der Waals surface area contributed by atoms with E-state index in [9.17, 15) is 4.79 Å². The summed E-state index contributed by atoms with van der Waals surface area (Å²) in [6.45, 7) is 1.04. The molecule has 1 aliphatic rings. The lowest BCUT2D eigenvalue weighted by atomic mass is 10.0. The van der Waals surface area contributed by atoms with E-state index in [0.717, 1.165) is 11.3 Å². The highest BCUT2D eigenvalue weighted by atomic mass is 35.5. The first kappa shape index (κ1) is 18.3. The summed E-state index contributed by atoms with van der Waals surface area (Å²) in [5.74, 6) is 0.0249. The van der Waals surface area contributed by atoms with Gasteiger partial charge in [-0.1, -0.05) is 35.5 Å². The van der Waals surface area contributed by atoms with Crippen LogP contribution < -0.4 is 5.32 Å². The van der Waals surface area contributed by atoms with Crippen molar-refractivity contribution in [3.63, 3.8) is 0 Å². The van der Waals surface area contributed by atoms with Crippen LogP contribution in [-0.4, -0.2) is 41.1 Å². The van der Waals surface area contributed by atoms with Gasteiger partial charge in [-0.15, -0.1) is 0 Å². The molecule has 0 saturated heterocycles. The van der Waals surface area contributed by atoms with Crippen molar-refractivity contribution in [2.75, 3.05) is 19.3 Å². The van der Waals surface area contributed by atoms with Crippen molar-refractivity contribution in [2.24, 2.45) is 10.1 Å². The quantitative estimate of drug-likeness (QED) is 0.287. The number of aliphatic imine (C=N–C) groups is 1. The second kappa shape index (κ2) is 9.30. The molecule has 0 spiro atoms. The second-order valence-corrected chi connectivity index (χ2v) is 6.28. The van der Waals surface area contributed by atoms with Crippen molar-refractivity contribution in [2.45, 2.75) is 19.3 Å². The number of carbonyl (C=O) groups is 1. The van der Waals surface area contributed by atoms with Crippen molar-refractivity contribution in [3.8, 4) is 6.19 Å². The van der Waals surface area contributed by atoms with E-state index in [1.54, 1.807) is 0 Å². The van der Waals surface area contributed by atoms with Crippen LogP contribution in [0.1, 0.15) is 24.8 Å². The van der Waals surface area contributed by atoms with Crippen LogP contribution in [-0.2, 0) is 4.79 Å². The summed E-state index contributed by atoms with van der Waals surface area (Å²) in [6, 6.07) is 7.47. The van der Waals surface area contributed by atoms with Crippen molar-refractivity contribution in [1.82, 2.24) is 10.3 Å². The first-order chi connectivity index (χ1) is 11.6. The Morgan fingerprint density at radius 1 is 1.46 bits per heavy atom. The highest BCUT2D eigenvalue weighted by molar-refractivity contribution is 8.13. The smallest absolute Gasteiger partial charge is 0.243 e. The Kier molecular flexibility index (Phi) is 7.09. The Morgan fingerprint density at radius 3 is 2.88 bits per heavy atom. The molecule has 24 heavy (non-hydrogen) atoms. The van der Waals surface area contributed by atoms with E-state index in [0.29, 0.717) is 42.5 Å². The molecule has 1 aromatic carbocycles. The maximum Gasteiger partial charge on any atom is 0.243 e. The number of nitrogens with zero attached hydrogens (tertiary/aromatic N) is 4. The van der Waals surface area contributed by atoms with Crippen LogP contribution in [0, 0.1) is 11.5 Å².